The van der Waals surface area contributed by atoms with E-state index < -0.39 is 22.9 Å². The van der Waals surface area contributed by atoms with Crippen LogP contribution in [0.15, 0.2) is 47.1 Å². The molecule has 0 aromatic rings. The summed E-state index contributed by atoms with van der Waals surface area (Å²) in [4.78, 5) is 11.7. The minimum absolute atomic E-state index is 0.0448. The fourth-order valence-corrected chi connectivity index (χ4v) is 7.48. The summed E-state index contributed by atoms with van der Waals surface area (Å²) in [7, 11) is 0. The van der Waals surface area contributed by atoms with Crippen LogP contribution in [0.1, 0.15) is 79.6 Å². The second kappa shape index (κ2) is 9.74. The summed E-state index contributed by atoms with van der Waals surface area (Å²) in [6.07, 6.45) is 12.1. The van der Waals surface area contributed by atoms with Crippen molar-refractivity contribution < 1.29 is 24.5 Å². The van der Waals surface area contributed by atoms with E-state index >= 15 is 0 Å². The van der Waals surface area contributed by atoms with Crippen molar-refractivity contribution in [2.75, 3.05) is 6.61 Å². The van der Waals surface area contributed by atoms with Crippen LogP contribution >= 0.6 is 0 Å². The van der Waals surface area contributed by atoms with Crippen molar-refractivity contribution >= 4 is 6.29 Å². The molecule has 8 atom stereocenters. The predicted octanol–water partition coefficient (Wildman–Crippen LogP) is 5.43. The summed E-state index contributed by atoms with van der Waals surface area (Å²) < 4.78 is 12.7. The first-order valence-corrected chi connectivity index (χ1v) is 13.3. The SMILES string of the molecule is C=C(C)[C@H]1CC[C@@](C)(O)[C@@H]1/C=C/C(C)=C/[C@@H]1C[C@@]23[C@H](OCCC[C@@H]2/C(=C(\C)C=O)CC[C@]3(C)O)O1. The fourth-order valence-electron chi connectivity index (χ4n) is 7.48. The van der Waals surface area contributed by atoms with Crippen LogP contribution in [-0.4, -0.2) is 46.7 Å². The lowest BCUT2D eigenvalue weighted by Gasteiger charge is -2.53. The van der Waals surface area contributed by atoms with Crippen LogP contribution in [0.5, 0.6) is 0 Å². The van der Waals surface area contributed by atoms with Gasteiger partial charge in [0, 0.05) is 12.5 Å². The molecule has 0 radical (unpaired) electrons. The summed E-state index contributed by atoms with van der Waals surface area (Å²) in [5.41, 5.74) is 1.90. The Labute approximate surface area is 211 Å². The maximum Gasteiger partial charge on any atom is 0.167 e. The van der Waals surface area contributed by atoms with Crippen LogP contribution in [0.3, 0.4) is 0 Å². The van der Waals surface area contributed by atoms with Gasteiger partial charge in [0.1, 0.15) is 6.29 Å². The number of rotatable bonds is 5. The highest BCUT2D eigenvalue weighted by Gasteiger charge is 2.65. The van der Waals surface area contributed by atoms with Gasteiger partial charge in [0.15, 0.2) is 6.29 Å². The lowest BCUT2D eigenvalue weighted by Crippen LogP contribution is -2.58. The van der Waals surface area contributed by atoms with Crippen molar-refractivity contribution in [1.82, 2.24) is 0 Å². The van der Waals surface area contributed by atoms with Gasteiger partial charge in [0.25, 0.3) is 0 Å². The van der Waals surface area contributed by atoms with E-state index in [1.54, 1.807) is 0 Å². The molecular weight excluding hydrogens is 440 g/mol. The van der Waals surface area contributed by atoms with E-state index in [0.717, 1.165) is 55.1 Å². The topological polar surface area (TPSA) is 76.0 Å². The van der Waals surface area contributed by atoms with E-state index in [1.807, 2.05) is 27.7 Å². The quantitative estimate of drug-likeness (QED) is 0.236. The highest BCUT2D eigenvalue weighted by Crippen LogP contribution is 2.62. The van der Waals surface area contributed by atoms with Gasteiger partial charge < -0.3 is 19.7 Å². The van der Waals surface area contributed by atoms with Crippen LogP contribution in [0.2, 0.25) is 0 Å². The molecule has 194 valence electrons. The van der Waals surface area contributed by atoms with Crippen LogP contribution in [-0.2, 0) is 14.3 Å². The maximum atomic E-state index is 11.7. The van der Waals surface area contributed by atoms with Crippen molar-refractivity contribution in [3.63, 3.8) is 0 Å². The molecule has 5 nitrogen and oxygen atoms in total. The van der Waals surface area contributed by atoms with E-state index in [2.05, 4.69) is 31.7 Å². The zero-order valence-electron chi connectivity index (χ0n) is 22.2. The van der Waals surface area contributed by atoms with E-state index in [-0.39, 0.29) is 17.9 Å². The first kappa shape index (κ1) is 26.5. The molecule has 2 aliphatic carbocycles. The molecule has 2 saturated carbocycles. The van der Waals surface area contributed by atoms with E-state index in [1.165, 1.54) is 5.57 Å². The Kier molecular flexibility index (Phi) is 7.38. The van der Waals surface area contributed by atoms with Crippen molar-refractivity contribution in [1.29, 1.82) is 0 Å². The number of carbonyl (C=O) groups is 1. The predicted molar refractivity (Wildman–Crippen MR) is 138 cm³/mol. The van der Waals surface area contributed by atoms with Gasteiger partial charge in [-0.3, -0.25) is 4.79 Å². The molecule has 2 N–H and O–H groups in total. The third kappa shape index (κ3) is 4.66. The standard InChI is InChI=1S/C30H44O5/c1-19(2)23-11-13-28(5,32)25(23)10-9-20(3)16-22-17-30-26(8-7-15-34-27(30)35-22)24(21(4)18-31)12-14-29(30,6)33/h9-10,16,18,22-23,25-27,32-33H,1,7-8,11-15,17H2,2-6H3/b10-9+,20-16+,24-21+/t22-,23-,25-,26-,27-,28-,29+,30+/m1/s1. The number of allylic oxidation sites excluding steroid dienone is 5. The monoisotopic (exact) mass is 484 g/mol. The molecule has 0 unspecified atom stereocenters. The van der Waals surface area contributed by atoms with Crippen molar-refractivity contribution in [2.45, 2.75) is 103 Å². The largest absolute Gasteiger partial charge is 0.390 e. The number of hydrogen-bond donors (Lipinski definition) is 2. The van der Waals surface area contributed by atoms with Gasteiger partial charge in [0.05, 0.1) is 22.7 Å². The highest BCUT2D eigenvalue weighted by molar-refractivity contribution is 5.74. The minimum Gasteiger partial charge on any atom is -0.390 e. The van der Waals surface area contributed by atoms with Crippen molar-refractivity contribution in [3.8, 4) is 0 Å². The number of ether oxygens (including phenoxy) is 2. The molecule has 5 heteroatoms. The Morgan fingerprint density at radius 2 is 1.89 bits per heavy atom. The molecule has 35 heavy (non-hydrogen) atoms. The number of aldehydes is 1. The summed E-state index contributed by atoms with van der Waals surface area (Å²) >= 11 is 0. The van der Waals surface area contributed by atoms with Crippen LogP contribution < -0.4 is 0 Å². The summed E-state index contributed by atoms with van der Waals surface area (Å²) in [5.74, 6) is 0.409. The van der Waals surface area contributed by atoms with Gasteiger partial charge in [-0.1, -0.05) is 41.5 Å². The number of hydrogen-bond acceptors (Lipinski definition) is 5. The molecule has 2 aliphatic heterocycles. The smallest absolute Gasteiger partial charge is 0.167 e. The Hall–Kier alpha value is -1.53. The highest BCUT2D eigenvalue weighted by atomic mass is 16.7. The van der Waals surface area contributed by atoms with E-state index in [0.29, 0.717) is 25.4 Å². The van der Waals surface area contributed by atoms with Crippen LogP contribution in [0.4, 0.5) is 0 Å². The lowest BCUT2D eigenvalue weighted by molar-refractivity contribution is -0.230. The first-order chi connectivity index (χ1) is 16.4. The Bertz CT molecular complexity index is 938. The van der Waals surface area contributed by atoms with E-state index in [9.17, 15) is 15.0 Å². The van der Waals surface area contributed by atoms with Gasteiger partial charge >= 0.3 is 0 Å². The zero-order valence-corrected chi connectivity index (χ0v) is 22.2. The van der Waals surface area contributed by atoms with Crippen LogP contribution in [0.25, 0.3) is 0 Å². The molecule has 4 aliphatic rings. The average molecular weight is 485 g/mol. The normalized spacial score (nSPS) is 45.7. The van der Waals surface area contributed by atoms with Crippen molar-refractivity contribution in [2.24, 2.45) is 23.2 Å². The number of aliphatic hydroxyl groups is 2. The molecule has 0 amide bonds. The molecule has 0 aromatic carbocycles. The van der Waals surface area contributed by atoms with Gasteiger partial charge in [-0.2, -0.15) is 0 Å². The Morgan fingerprint density at radius 1 is 1.14 bits per heavy atom. The lowest BCUT2D eigenvalue weighted by atomic mass is 9.53. The van der Waals surface area contributed by atoms with Crippen LogP contribution in [0, 0.1) is 23.2 Å². The molecule has 4 fully saturated rings. The molecule has 0 aromatic heterocycles. The second-order valence-corrected chi connectivity index (χ2v) is 12.1. The fraction of sp³-hybridized carbons (Fsp3) is 0.700. The molecule has 4 rings (SSSR count). The second-order valence-electron chi connectivity index (χ2n) is 12.1. The van der Waals surface area contributed by atoms with E-state index in [4.69, 9.17) is 9.47 Å². The number of carbonyl (C=O) groups excluding carboxylic acids is 1. The van der Waals surface area contributed by atoms with Crippen molar-refractivity contribution in [3.05, 3.63) is 47.1 Å². The van der Waals surface area contributed by atoms with Gasteiger partial charge in [-0.05, 0) is 97.0 Å². The average Bonchev–Trinajstić information content (AvgIpc) is 3.23. The third-order valence-electron chi connectivity index (χ3n) is 9.54. The minimum atomic E-state index is -0.942. The zero-order chi connectivity index (χ0) is 25.6. The van der Waals surface area contributed by atoms with Gasteiger partial charge in [0.2, 0.25) is 0 Å². The summed E-state index contributed by atoms with van der Waals surface area (Å²) in [6.45, 7) is 14.6. The Balaban J connectivity index is 1.61. The first-order valence-electron chi connectivity index (χ1n) is 13.3. The molecule has 0 bridgehead atoms. The molecule has 2 heterocycles. The molecular formula is C30H44O5. The summed E-state index contributed by atoms with van der Waals surface area (Å²) in [5, 5.41) is 22.6. The third-order valence-corrected chi connectivity index (χ3v) is 9.54. The summed E-state index contributed by atoms with van der Waals surface area (Å²) in [6, 6.07) is 0. The molecule has 1 spiro atoms. The van der Waals surface area contributed by atoms with Gasteiger partial charge in [-0.15, -0.1) is 0 Å². The molecule has 2 saturated heterocycles. The Morgan fingerprint density at radius 3 is 2.57 bits per heavy atom. The maximum absolute atomic E-state index is 11.7. The van der Waals surface area contributed by atoms with Gasteiger partial charge in [-0.25, -0.2) is 0 Å².